The van der Waals surface area contributed by atoms with Gasteiger partial charge in [-0.2, -0.15) is 5.26 Å². The van der Waals surface area contributed by atoms with Crippen molar-refractivity contribution in [1.82, 2.24) is 4.98 Å². The first-order valence-electron chi connectivity index (χ1n) is 4.69. The Balaban J connectivity index is 2.36. The number of rotatable bonds is 2. The maximum Gasteiger partial charge on any atom is 0.152 e. The van der Waals surface area contributed by atoms with Crippen LogP contribution in [0.1, 0.15) is 5.56 Å². The van der Waals surface area contributed by atoms with Crippen molar-refractivity contribution in [3.05, 3.63) is 52.4 Å². The van der Waals surface area contributed by atoms with Crippen molar-refractivity contribution in [3.63, 3.8) is 0 Å². The Kier molecular flexibility index (Phi) is 3.77. The average Bonchev–Trinajstić information content (AvgIpc) is 2.37. The molecule has 1 heterocycles. The summed E-state index contributed by atoms with van der Waals surface area (Å²) < 4.78 is 14.1. The maximum absolute atomic E-state index is 13.9. The summed E-state index contributed by atoms with van der Waals surface area (Å²) in [6.45, 7) is 0. The van der Waals surface area contributed by atoms with Crippen LogP contribution in [-0.4, -0.2) is 4.98 Å². The van der Waals surface area contributed by atoms with Crippen LogP contribution in [0.25, 0.3) is 0 Å². The van der Waals surface area contributed by atoms with Crippen molar-refractivity contribution in [2.75, 3.05) is 0 Å². The van der Waals surface area contributed by atoms with Gasteiger partial charge in [-0.05, 0) is 40.2 Å². The summed E-state index contributed by atoms with van der Waals surface area (Å²) >= 11 is 4.30. The van der Waals surface area contributed by atoms with Gasteiger partial charge in [0.1, 0.15) is 11.1 Å². The van der Waals surface area contributed by atoms with Crippen LogP contribution >= 0.6 is 27.7 Å². The van der Waals surface area contributed by atoms with E-state index in [1.807, 2.05) is 12.1 Å². The number of hydrogen-bond donors (Lipinski definition) is 0. The summed E-state index contributed by atoms with van der Waals surface area (Å²) in [5.74, 6) is -0.431. The fourth-order valence-corrected chi connectivity index (χ4v) is 2.60. The minimum Gasteiger partial charge on any atom is -0.250 e. The van der Waals surface area contributed by atoms with Gasteiger partial charge in [0.15, 0.2) is 5.82 Å². The van der Waals surface area contributed by atoms with Crippen molar-refractivity contribution in [2.45, 2.75) is 9.92 Å². The van der Waals surface area contributed by atoms with Crippen LogP contribution in [0.3, 0.4) is 0 Å². The smallest absolute Gasteiger partial charge is 0.152 e. The maximum atomic E-state index is 13.9. The second-order valence-electron chi connectivity index (χ2n) is 3.12. The fraction of sp³-hybridized carbons (Fsp3) is 0. The standard InChI is InChI=1S/C12H6BrFN2S/c13-11-8(7-15)4-5-9(12(11)14)17-10-3-1-2-6-16-10/h1-6H. The lowest BCUT2D eigenvalue weighted by Crippen LogP contribution is -1.88. The Morgan fingerprint density at radius 1 is 1.29 bits per heavy atom. The predicted molar refractivity (Wildman–Crippen MR) is 67.2 cm³/mol. The first-order valence-corrected chi connectivity index (χ1v) is 6.30. The molecule has 0 atom stereocenters. The number of benzene rings is 1. The van der Waals surface area contributed by atoms with Gasteiger partial charge in [-0.15, -0.1) is 0 Å². The SMILES string of the molecule is N#Cc1ccc(Sc2ccccn2)c(F)c1Br. The third-order valence-corrected chi connectivity index (χ3v) is 3.78. The van der Waals surface area contributed by atoms with Crippen molar-refractivity contribution in [2.24, 2.45) is 0 Å². The molecule has 2 rings (SSSR count). The zero-order valence-corrected chi connectivity index (χ0v) is 10.9. The van der Waals surface area contributed by atoms with Gasteiger partial charge in [0.2, 0.25) is 0 Å². The second kappa shape index (κ2) is 5.30. The molecule has 17 heavy (non-hydrogen) atoms. The van der Waals surface area contributed by atoms with E-state index in [1.54, 1.807) is 30.5 Å². The molecule has 5 heteroatoms. The van der Waals surface area contributed by atoms with Crippen LogP contribution in [0, 0.1) is 17.1 Å². The molecule has 0 amide bonds. The number of halogens is 2. The lowest BCUT2D eigenvalue weighted by Gasteiger charge is -2.04. The minimum atomic E-state index is -0.431. The number of hydrogen-bond acceptors (Lipinski definition) is 3. The van der Waals surface area contributed by atoms with Gasteiger partial charge in [-0.3, -0.25) is 0 Å². The normalized spacial score (nSPS) is 9.94. The highest BCUT2D eigenvalue weighted by Gasteiger charge is 2.12. The Morgan fingerprint density at radius 3 is 2.76 bits per heavy atom. The molecule has 0 aliphatic rings. The highest BCUT2D eigenvalue weighted by atomic mass is 79.9. The number of nitrogens with zero attached hydrogens (tertiary/aromatic N) is 2. The molecule has 0 bridgehead atoms. The quantitative estimate of drug-likeness (QED) is 0.841. The zero-order valence-electron chi connectivity index (χ0n) is 8.52. The van der Waals surface area contributed by atoms with Gasteiger partial charge in [0.25, 0.3) is 0 Å². The molecular weight excluding hydrogens is 303 g/mol. The highest BCUT2D eigenvalue weighted by molar-refractivity contribution is 9.10. The van der Waals surface area contributed by atoms with Crippen molar-refractivity contribution >= 4 is 27.7 Å². The first kappa shape index (κ1) is 12.1. The Morgan fingerprint density at radius 2 is 2.12 bits per heavy atom. The summed E-state index contributed by atoms with van der Waals surface area (Å²) in [7, 11) is 0. The topological polar surface area (TPSA) is 36.7 Å². The highest BCUT2D eigenvalue weighted by Crippen LogP contribution is 2.33. The van der Waals surface area contributed by atoms with Gasteiger partial charge < -0.3 is 0 Å². The summed E-state index contributed by atoms with van der Waals surface area (Å²) in [6.07, 6.45) is 1.65. The predicted octanol–water partition coefficient (Wildman–Crippen LogP) is 4.01. The van der Waals surface area contributed by atoms with Crippen molar-refractivity contribution < 1.29 is 4.39 Å². The summed E-state index contributed by atoms with van der Waals surface area (Å²) in [5.41, 5.74) is 0.285. The van der Waals surface area contributed by atoms with Gasteiger partial charge in [-0.1, -0.05) is 17.8 Å². The molecular formula is C12H6BrFN2S. The summed E-state index contributed by atoms with van der Waals surface area (Å²) in [6, 6.07) is 10.5. The molecule has 84 valence electrons. The van der Waals surface area contributed by atoms with E-state index in [4.69, 9.17) is 5.26 Å². The van der Waals surface area contributed by atoms with Crippen molar-refractivity contribution in [1.29, 1.82) is 5.26 Å². The molecule has 0 aliphatic heterocycles. The van der Waals surface area contributed by atoms with Crippen LogP contribution in [-0.2, 0) is 0 Å². The van der Waals surface area contributed by atoms with Gasteiger partial charge >= 0.3 is 0 Å². The van der Waals surface area contributed by atoms with Gasteiger partial charge in [-0.25, -0.2) is 9.37 Å². The lowest BCUT2D eigenvalue weighted by atomic mass is 10.2. The Hall–Kier alpha value is -1.38. The Bertz CT molecular complexity index is 581. The number of nitriles is 1. The zero-order chi connectivity index (χ0) is 12.3. The van der Waals surface area contributed by atoms with Crippen LogP contribution < -0.4 is 0 Å². The third kappa shape index (κ3) is 2.65. The van der Waals surface area contributed by atoms with Crippen LogP contribution in [0.2, 0.25) is 0 Å². The van der Waals surface area contributed by atoms with Gasteiger partial charge in [0.05, 0.1) is 14.9 Å². The first-order chi connectivity index (χ1) is 8.22. The molecule has 0 saturated heterocycles. The molecule has 0 unspecified atom stereocenters. The molecule has 1 aromatic carbocycles. The van der Waals surface area contributed by atoms with Crippen LogP contribution in [0.4, 0.5) is 4.39 Å². The minimum absolute atomic E-state index is 0.195. The molecule has 2 aromatic rings. The lowest BCUT2D eigenvalue weighted by molar-refractivity contribution is 0.594. The van der Waals surface area contributed by atoms with E-state index in [1.165, 1.54) is 11.8 Å². The summed E-state index contributed by atoms with van der Waals surface area (Å²) in [5, 5.41) is 9.47. The van der Waals surface area contributed by atoms with Crippen LogP contribution in [0.15, 0.2) is 50.9 Å². The molecule has 1 aromatic heterocycles. The average molecular weight is 309 g/mol. The van der Waals surface area contributed by atoms with Crippen LogP contribution in [0.5, 0.6) is 0 Å². The molecule has 0 saturated carbocycles. The van der Waals surface area contributed by atoms with E-state index >= 15 is 0 Å². The largest absolute Gasteiger partial charge is 0.250 e. The van der Waals surface area contributed by atoms with E-state index in [9.17, 15) is 4.39 Å². The second-order valence-corrected chi connectivity index (χ2v) is 4.98. The van der Waals surface area contributed by atoms with Gasteiger partial charge in [0, 0.05) is 6.20 Å². The molecule has 2 nitrogen and oxygen atoms in total. The molecule has 0 spiro atoms. The molecule has 0 N–H and O–H groups in total. The number of aromatic nitrogens is 1. The fourth-order valence-electron chi connectivity index (χ4n) is 1.22. The number of pyridine rings is 1. The van der Waals surface area contributed by atoms with E-state index in [2.05, 4.69) is 20.9 Å². The van der Waals surface area contributed by atoms with E-state index in [-0.39, 0.29) is 10.0 Å². The van der Waals surface area contributed by atoms with E-state index < -0.39 is 5.82 Å². The summed E-state index contributed by atoms with van der Waals surface area (Å²) in [4.78, 5) is 4.54. The Labute approximate surface area is 111 Å². The monoisotopic (exact) mass is 308 g/mol. The third-order valence-electron chi connectivity index (χ3n) is 2.02. The molecule has 0 fully saturated rings. The van der Waals surface area contributed by atoms with E-state index in [0.717, 1.165) is 0 Å². The van der Waals surface area contributed by atoms with Crippen molar-refractivity contribution in [3.8, 4) is 6.07 Å². The molecule has 0 radical (unpaired) electrons. The van der Waals surface area contributed by atoms with E-state index in [0.29, 0.717) is 9.92 Å². The molecule has 0 aliphatic carbocycles.